The van der Waals surface area contributed by atoms with Crippen molar-refractivity contribution in [2.45, 2.75) is 18.9 Å². The second-order valence-corrected chi connectivity index (χ2v) is 6.26. The van der Waals surface area contributed by atoms with E-state index >= 15 is 0 Å². The SMILES string of the molecule is COC(=O)c1ccc(Cl)c(N2CCN(C(=O)NC3CC3)CC2)c1. The Bertz CT molecular complexity index is 611. The number of urea groups is 1. The number of hydrogen-bond acceptors (Lipinski definition) is 4. The number of anilines is 1. The van der Waals surface area contributed by atoms with Crippen LogP contribution in [0.1, 0.15) is 23.2 Å². The summed E-state index contributed by atoms with van der Waals surface area (Å²) in [4.78, 5) is 27.6. The number of carbonyl (C=O) groups excluding carboxylic acids is 2. The first-order valence-corrected chi connectivity index (χ1v) is 8.14. The van der Waals surface area contributed by atoms with E-state index in [0.29, 0.717) is 42.8 Å². The summed E-state index contributed by atoms with van der Waals surface area (Å²) in [5.41, 5.74) is 1.28. The standard InChI is InChI=1S/C16H20ClN3O3/c1-23-15(21)11-2-5-13(17)14(10-11)19-6-8-20(9-7-19)16(22)18-12-3-4-12/h2,5,10,12H,3-4,6-9H2,1H3,(H,18,22). The van der Waals surface area contributed by atoms with Crippen molar-refractivity contribution < 1.29 is 14.3 Å². The molecule has 124 valence electrons. The van der Waals surface area contributed by atoms with Crippen LogP contribution in [0.15, 0.2) is 18.2 Å². The van der Waals surface area contributed by atoms with E-state index in [0.717, 1.165) is 18.5 Å². The summed E-state index contributed by atoms with van der Waals surface area (Å²) in [5.74, 6) is -0.384. The Kier molecular flexibility index (Phi) is 4.61. The van der Waals surface area contributed by atoms with Crippen LogP contribution < -0.4 is 10.2 Å². The van der Waals surface area contributed by atoms with Gasteiger partial charge >= 0.3 is 12.0 Å². The maximum atomic E-state index is 12.0. The Balaban J connectivity index is 1.64. The summed E-state index contributed by atoms with van der Waals surface area (Å²) in [5, 5.41) is 3.59. The number of methoxy groups -OCH3 is 1. The lowest BCUT2D eigenvalue weighted by molar-refractivity contribution is 0.0600. The van der Waals surface area contributed by atoms with E-state index in [4.69, 9.17) is 16.3 Å². The van der Waals surface area contributed by atoms with E-state index in [-0.39, 0.29) is 12.0 Å². The molecule has 1 aromatic rings. The van der Waals surface area contributed by atoms with Crippen LogP contribution >= 0.6 is 11.6 Å². The number of halogens is 1. The van der Waals surface area contributed by atoms with Crippen molar-refractivity contribution in [2.24, 2.45) is 0 Å². The van der Waals surface area contributed by atoms with Gasteiger partial charge in [0.05, 0.1) is 23.4 Å². The number of ether oxygens (including phenoxy) is 1. The van der Waals surface area contributed by atoms with E-state index in [1.807, 2.05) is 4.90 Å². The van der Waals surface area contributed by atoms with Crippen molar-refractivity contribution in [3.05, 3.63) is 28.8 Å². The number of carbonyl (C=O) groups is 2. The monoisotopic (exact) mass is 337 g/mol. The highest BCUT2D eigenvalue weighted by Crippen LogP contribution is 2.28. The predicted molar refractivity (Wildman–Crippen MR) is 88.1 cm³/mol. The van der Waals surface area contributed by atoms with E-state index in [1.54, 1.807) is 18.2 Å². The highest BCUT2D eigenvalue weighted by Gasteiger charge is 2.28. The van der Waals surface area contributed by atoms with Gasteiger partial charge in [0.1, 0.15) is 0 Å². The van der Waals surface area contributed by atoms with E-state index < -0.39 is 0 Å². The van der Waals surface area contributed by atoms with Gasteiger partial charge in [-0.25, -0.2) is 9.59 Å². The number of nitrogens with one attached hydrogen (secondary N) is 1. The molecule has 7 heteroatoms. The average molecular weight is 338 g/mol. The zero-order valence-corrected chi connectivity index (χ0v) is 13.8. The normalized spacial score (nSPS) is 17.8. The molecule has 23 heavy (non-hydrogen) atoms. The molecular weight excluding hydrogens is 318 g/mol. The predicted octanol–water partition coefficient (Wildman–Crippen LogP) is 2.12. The number of hydrogen-bond donors (Lipinski definition) is 1. The molecule has 1 aliphatic carbocycles. The molecule has 6 nitrogen and oxygen atoms in total. The number of nitrogens with zero attached hydrogens (tertiary/aromatic N) is 2. The maximum absolute atomic E-state index is 12.0. The van der Waals surface area contributed by atoms with Gasteiger partial charge in [-0.05, 0) is 31.0 Å². The Labute approximate surface area is 140 Å². The van der Waals surface area contributed by atoms with Gasteiger partial charge in [0.25, 0.3) is 0 Å². The number of piperazine rings is 1. The van der Waals surface area contributed by atoms with E-state index in [2.05, 4.69) is 10.2 Å². The quantitative estimate of drug-likeness (QED) is 0.858. The Morgan fingerprint density at radius 3 is 2.52 bits per heavy atom. The zero-order valence-electron chi connectivity index (χ0n) is 13.0. The third-order valence-electron chi connectivity index (χ3n) is 4.18. The van der Waals surface area contributed by atoms with Gasteiger partial charge in [0, 0.05) is 32.2 Å². The summed E-state index contributed by atoms with van der Waals surface area (Å²) < 4.78 is 4.75. The van der Waals surface area contributed by atoms with Crippen LogP contribution in [0.5, 0.6) is 0 Å². The van der Waals surface area contributed by atoms with Gasteiger partial charge < -0.3 is 19.9 Å². The molecule has 2 aliphatic rings. The Morgan fingerprint density at radius 1 is 1.22 bits per heavy atom. The first-order chi connectivity index (χ1) is 11.1. The fourth-order valence-corrected chi connectivity index (χ4v) is 2.88. The van der Waals surface area contributed by atoms with Gasteiger partial charge in [0.15, 0.2) is 0 Å². The molecule has 0 bridgehead atoms. The molecule has 1 saturated heterocycles. The molecule has 2 amide bonds. The third-order valence-corrected chi connectivity index (χ3v) is 4.50. The average Bonchev–Trinajstić information content (AvgIpc) is 3.38. The minimum absolute atomic E-state index is 0.0153. The molecule has 2 fully saturated rings. The number of esters is 1. The lowest BCUT2D eigenvalue weighted by Crippen LogP contribution is -2.52. The second-order valence-electron chi connectivity index (χ2n) is 5.86. The van der Waals surface area contributed by atoms with E-state index in [1.165, 1.54) is 7.11 Å². The molecule has 1 saturated carbocycles. The van der Waals surface area contributed by atoms with Crippen molar-refractivity contribution in [2.75, 3.05) is 38.2 Å². The van der Waals surface area contributed by atoms with Crippen molar-refractivity contribution in [1.82, 2.24) is 10.2 Å². The second kappa shape index (κ2) is 6.66. The van der Waals surface area contributed by atoms with E-state index in [9.17, 15) is 9.59 Å². The molecule has 0 spiro atoms. The molecule has 0 atom stereocenters. The van der Waals surface area contributed by atoms with Crippen molar-refractivity contribution in [1.29, 1.82) is 0 Å². The van der Waals surface area contributed by atoms with Gasteiger partial charge in [0.2, 0.25) is 0 Å². The topological polar surface area (TPSA) is 61.9 Å². The highest BCUT2D eigenvalue weighted by atomic mass is 35.5. The summed E-state index contributed by atoms with van der Waals surface area (Å²) in [6.07, 6.45) is 2.17. The van der Waals surface area contributed by atoms with Gasteiger partial charge in [-0.3, -0.25) is 0 Å². The lowest BCUT2D eigenvalue weighted by Gasteiger charge is -2.36. The van der Waals surface area contributed by atoms with Crippen LogP contribution in [-0.4, -0.2) is 56.2 Å². The smallest absolute Gasteiger partial charge is 0.337 e. The van der Waals surface area contributed by atoms with Crippen LogP contribution in [0.25, 0.3) is 0 Å². The fraction of sp³-hybridized carbons (Fsp3) is 0.500. The molecule has 0 unspecified atom stereocenters. The van der Waals surface area contributed by atoms with Crippen LogP contribution in [-0.2, 0) is 4.74 Å². The number of rotatable bonds is 3. The first-order valence-electron chi connectivity index (χ1n) is 7.76. The summed E-state index contributed by atoms with van der Waals surface area (Å²) in [6.45, 7) is 2.64. The van der Waals surface area contributed by atoms with Crippen LogP contribution in [0.3, 0.4) is 0 Å². The summed E-state index contributed by atoms with van der Waals surface area (Å²) in [7, 11) is 1.36. The van der Waals surface area contributed by atoms with Crippen molar-refractivity contribution >= 4 is 29.3 Å². The number of amides is 2. The molecule has 1 heterocycles. The highest BCUT2D eigenvalue weighted by molar-refractivity contribution is 6.33. The van der Waals surface area contributed by atoms with Crippen LogP contribution in [0.4, 0.5) is 10.5 Å². The maximum Gasteiger partial charge on any atom is 0.337 e. The summed E-state index contributed by atoms with van der Waals surface area (Å²) >= 11 is 6.27. The lowest BCUT2D eigenvalue weighted by atomic mass is 10.1. The van der Waals surface area contributed by atoms with Gasteiger partial charge in [-0.15, -0.1) is 0 Å². The molecule has 3 rings (SSSR count). The van der Waals surface area contributed by atoms with Gasteiger partial charge in [-0.2, -0.15) is 0 Å². The molecule has 1 aromatic carbocycles. The largest absolute Gasteiger partial charge is 0.465 e. The molecule has 1 aliphatic heterocycles. The third kappa shape index (κ3) is 3.69. The van der Waals surface area contributed by atoms with Crippen LogP contribution in [0, 0.1) is 0 Å². The molecular formula is C16H20ClN3O3. The Hall–Kier alpha value is -1.95. The minimum atomic E-state index is -0.384. The zero-order chi connectivity index (χ0) is 16.4. The Morgan fingerprint density at radius 2 is 1.91 bits per heavy atom. The first kappa shape index (κ1) is 15.9. The fourth-order valence-electron chi connectivity index (χ4n) is 2.64. The minimum Gasteiger partial charge on any atom is -0.465 e. The molecule has 0 radical (unpaired) electrons. The van der Waals surface area contributed by atoms with Crippen molar-refractivity contribution in [3.63, 3.8) is 0 Å². The summed E-state index contributed by atoms with van der Waals surface area (Å²) in [6, 6.07) is 5.48. The number of benzene rings is 1. The van der Waals surface area contributed by atoms with Crippen LogP contribution in [0.2, 0.25) is 5.02 Å². The molecule has 0 aromatic heterocycles. The molecule has 1 N–H and O–H groups in total. The van der Waals surface area contributed by atoms with Gasteiger partial charge in [-0.1, -0.05) is 11.6 Å². The van der Waals surface area contributed by atoms with Crippen molar-refractivity contribution in [3.8, 4) is 0 Å².